The van der Waals surface area contributed by atoms with Gasteiger partial charge in [0.1, 0.15) is 17.0 Å². The molecule has 742 valence electrons. The summed E-state index contributed by atoms with van der Waals surface area (Å²) >= 11 is 3.63. The minimum absolute atomic E-state index is 0.0514. The van der Waals surface area contributed by atoms with Crippen molar-refractivity contribution in [3.63, 3.8) is 0 Å². The zero-order valence-corrected chi connectivity index (χ0v) is 84.2. The highest BCUT2D eigenvalue weighted by molar-refractivity contribution is 9.10. The number of carbonyl (C=O) groups is 9. The topological polar surface area (TPSA) is 323 Å². The summed E-state index contributed by atoms with van der Waals surface area (Å²) < 4.78 is 95.5. The van der Waals surface area contributed by atoms with Crippen molar-refractivity contribution in [2.75, 3.05) is 19.8 Å². The van der Waals surface area contributed by atoms with E-state index < -0.39 is 193 Å². The minimum atomic E-state index is -2.00. The lowest BCUT2D eigenvalue weighted by Gasteiger charge is -2.63. The van der Waals surface area contributed by atoms with Crippen molar-refractivity contribution in [3.8, 4) is 17.1 Å². The molecule has 3 N–H and O–H groups in total. The van der Waals surface area contributed by atoms with Crippen molar-refractivity contribution in [1.82, 2.24) is 29.3 Å². The number of aromatic nitrogens is 6. The number of fused-ring (bicyclic) bond motifs is 18. The number of Topliss-reactive ketones (excluding diaryl/α,β-unsaturated/α-hetero) is 3. The summed E-state index contributed by atoms with van der Waals surface area (Å²) in [7, 11) is 0. The van der Waals surface area contributed by atoms with Gasteiger partial charge < -0.3 is 43.7 Å². The van der Waals surface area contributed by atoms with Crippen LogP contribution in [0.15, 0.2) is 132 Å². The van der Waals surface area contributed by atoms with Crippen LogP contribution in [0, 0.1) is 92.7 Å². The zero-order valence-electron chi connectivity index (χ0n) is 82.7. The monoisotopic (exact) mass is 1960 g/mol. The highest BCUT2D eigenvalue weighted by Crippen LogP contribution is 2.77. The number of ether oxygens (including phenoxy) is 6. The van der Waals surface area contributed by atoms with Crippen LogP contribution in [-0.4, -0.2) is 170 Å². The summed E-state index contributed by atoms with van der Waals surface area (Å²) in [6, 6.07) is 23.7. The van der Waals surface area contributed by atoms with Gasteiger partial charge in [-0.3, -0.25) is 43.2 Å². The highest BCUT2D eigenvalue weighted by Gasteiger charge is 2.82. The summed E-state index contributed by atoms with van der Waals surface area (Å²) in [6.07, 6.45) is 15.2. The Labute approximate surface area is 815 Å². The number of aliphatic hydroxyl groups is 3. The molecule has 3 aromatic carbocycles. The Bertz CT molecular complexity index is 5700. The first-order chi connectivity index (χ1) is 65.4. The molecule has 0 unspecified atom stereocenters. The normalized spacial score (nSPS) is 35.9. The first kappa shape index (κ1) is 102. The molecular weight excluding hydrogens is 1830 g/mol. The molecule has 0 radical (unpaired) electrons. The standard InChI is InChI=1S/C37H45FN2O6.C36H45FN2O6.C35H42BrFN2O6.C2H4/c1-7-23-12-10-11-13-28(23)40-29-17-25-14-15-26-27-16-22(4)37(46-33(44)9-3,31(42)21-45-32(43)8-2)35(27,6)19-30(41)36(26,38)34(25,5)18-24(29)20-39-40;1-7-31(42)44-20-30(41)36(45-32(43)8-2)22(4)15-26-25-14-13-24-16-28-23(19-38-39(28)27-12-10-9-11-21(27)3)17-33(24,5)35(25,37)29(40)18-34(26,36)6;1-6-30(42)44-19-29(41)35(45-31(43)7-2)20(3)14-24-23-13-12-22-15-27-21(18-38-39(27)26-11-9-8-10-25(26)36)16-32(22,4)34(23,37)28(40)17-33(24,35)5;1-2/h7,10-13,17,20,22,26-27,30,41H,1,8-9,14-16,18-19,21H2,2-6H3;9-12,16,19,22,25-26,29,40H,7-8,13-15,17-18,20H2,1-6H3;8-11,15,18,20,23-24,28,40H,6-7,12-14,16-17,19H2,1-5H3;1-2H2/t22-,26-,27-,30-,34-,35-,36-,37-;22-,25-,26-,29-,33-,34-,35-,36-;20-,23-,24-,28-,32-,33-,34-,35-;/m000./s1. The van der Waals surface area contributed by atoms with Crippen molar-refractivity contribution in [2.45, 2.75) is 298 Å². The molecule has 0 spiro atoms. The van der Waals surface area contributed by atoms with E-state index in [0.717, 1.165) is 83.2 Å². The maximum atomic E-state index is 18.3. The second kappa shape index (κ2) is 37.8. The number of hydrogen-bond donors (Lipinski definition) is 3. The number of rotatable bonds is 22. The first-order valence-electron chi connectivity index (χ1n) is 49.6. The number of hydrogen-bond acceptors (Lipinski definition) is 21. The van der Waals surface area contributed by atoms with Gasteiger partial charge in [0, 0.05) is 111 Å². The largest absolute Gasteiger partial charge is 0.457 e. The molecule has 12 aliphatic carbocycles. The van der Waals surface area contributed by atoms with Crippen LogP contribution in [0.3, 0.4) is 0 Å². The second-order valence-corrected chi connectivity index (χ2v) is 43.2. The van der Waals surface area contributed by atoms with Gasteiger partial charge in [0.25, 0.3) is 0 Å². The second-order valence-electron chi connectivity index (χ2n) is 42.3. The van der Waals surface area contributed by atoms with Crippen LogP contribution in [0.25, 0.3) is 41.4 Å². The lowest BCUT2D eigenvalue weighted by atomic mass is 9.43. The number of para-hydroxylation sites is 3. The van der Waals surface area contributed by atoms with E-state index in [1.165, 1.54) is 0 Å². The van der Waals surface area contributed by atoms with Gasteiger partial charge in [0.2, 0.25) is 17.3 Å². The molecule has 0 aliphatic heterocycles. The molecule has 0 bridgehead atoms. The Hall–Kier alpha value is -10.0. The number of ketones is 3. The average Bonchev–Trinajstić information content (AvgIpc) is 1.41. The van der Waals surface area contributed by atoms with E-state index in [-0.39, 0.29) is 75.5 Å². The van der Waals surface area contributed by atoms with Gasteiger partial charge in [-0.15, -0.1) is 13.2 Å². The number of nitrogens with zero attached hydrogens (tertiary/aromatic N) is 6. The summed E-state index contributed by atoms with van der Waals surface area (Å²) in [4.78, 5) is 117. The van der Waals surface area contributed by atoms with Gasteiger partial charge >= 0.3 is 35.8 Å². The Kier molecular flexibility index (Phi) is 28.0. The van der Waals surface area contributed by atoms with Crippen LogP contribution in [0.2, 0.25) is 0 Å². The molecular formula is C110H136BrF3N6O18. The third-order valence-corrected chi connectivity index (χ3v) is 36.7. The van der Waals surface area contributed by atoms with Crippen LogP contribution >= 0.6 is 15.9 Å². The van der Waals surface area contributed by atoms with Crippen molar-refractivity contribution in [3.05, 3.63) is 177 Å². The van der Waals surface area contributed by atoms with Gasteiger partial charge in [-0.05, 0) is 207 Å². The van der Waals surface area contributed by atoms with Crippen LogP contribution < -0.4 is 0 Å². The Morgan fingerprint density at radius 2 is 0.710 bits per heavy atom. The van der Waals surface area contributed by atoms with Gasteiger partial charge in [-0.25, -0.2) is 27.2 Å². The fourth-order valence-electron chi connectivity index (χ4n) is 29.4. The third-order valence-electron chi connectivity index (χ3n) is 36.0. The molecule has 18 rings (SSSR count). The van der Waals surface area contributed by atoms with Crippen LogP contribution in [0.5, 0.6) is 0 Å². The summed E-state index contributed by atoms with van der Waals surface area (Å²) in [5, 5.41) is 50.2. The quantitative estimate of drug-likeness (QED) is 0.0323. The Morgan fingerprint density at radius 3 is 1.01 bits per heavy atom. The molecule has 24 atom stereocenters. The molecule has 28 heteroatoms. The first-order valence-corrected chi connectivity index (χ1v) is 50.4. The van der Waals surface area contributed by atoms with E-state index in [2.05, 4.69) is 59.0 Å². The number of benzene rings is 3. The number of aryl methyl sites for hydroxylation is 1. The van der Waals surface area contributed by atoms with Crippen molar-refractivity contribution >= 4 is 93.4 Å². The van der Waals surface area contributed by atoms with E-state index in [0.29, 0.717) is 77.0 Å². The summed E-state index contributed by atoms with van der Waals surface area (Å²) in [5.74, 6) is -8.92. The van der Waals surface area contributed by atoms with Crippen molar-refractivity contribution in [1.29, 1.82) is 0 Å². The number of alkyl halides is 3. The minimum Gasteiger partial charge on any atom is -0.457 e. The number of aliphatic hydroxyl groups excluding tert-OH is 3. The van der Waals surface area contributed by atoms with E-state index in [1.807, 2.05) is 162 Å². The number of carbonyl (C=O) groups excluding carboxylic acids is 9. The molecule has 9 fully saturated rings. The molecule has 6 aromatic rings. The molecule has 0 saturated heterocycles. The van der Waals surface area contributed by atoms with E-state index >= 15 is 13.2 Å². The maximum absolute atomic E-state index is 18.3. The smallest absolute Gasteiger partial charge is 0.306 e. The lowest BCUT2D eigenvalue weighted by molar-refractivity contribution is -0.234. The van der Waals surface area contributed by atoms with Crippen molar-refractivity contribution < 1.29 is 100 Å². The molecule has 9 saturated carbocycles. The SMILES string of the molecule is C=C.C=Cc1ccccc1-n1ncc2c1C=C1CC[C@H]3[C@@H]4C[C@H](C)[C@](OC(=O)CC)(C(=O)COC(=O)CC)[C@@]4(C)C[C@H](O)[C@]3(F)[C@@]1(C)C2.CCC(=O)OCC(=O)[C@@]1(OC(=O)CC)[C@@H](C)C[C@H]2[C@@H]3CCC4=Cc5c(cnn5-c5ccccc5Br)C[C@]4(C)[C@@]3(F)[C@@H](O)C[C@@]21C.CCC(=O)OCC(=O)[C@@]1(OC(=O)CC)[C@@H](C)C[C@H]2[C@@H]3CCC4=Cc5c(cnn5-c5ccccc5C)C[C@]4(C)[C@@]3(F)[C@@H](O)C[C@@]21C. The molecule has 12 aliphatic rings. The Balaban J connectivity index is 0.000000156. The zero-order chi connectivity index (χ0) is 100. The fraction of sp³-hybridized carbons (Fsp3) is 0.582. The van der Waals surface area contributed by atoms with Gasteiger partial charge in [-0.1, -0.05) is 182 Å². The molecule has 3 heterocycles. The summed E-state index contributed by atoms with van der Waals surface area (Å²) in [6.45, 7) is 37.2. The molecule has 24 nitrogen and oxygen atoms in total. The average molecular weight is 1970 g/mol. The third kappa shape index (κ3) is 15.1. The van der Waals surface area contributed by atoms with E-state index in [9.17, 15) is 58.5 Å². The molecule has 3 aromatic heterocycles. The maximum Gasteiger partial charge on any atom is 0.306 e. The van der Waals surface area contributed by atoms with E-state index in [4.69, 9.17) is 38.6 Å². The Morgan fingerprint density at radius 1 is 0.428 bits per heavy atom. The van der Waals surface area contributed by atoms with Crippen LogP contribution in [0.4, 0.5) is 13.2 Å². The van der Waals surface area contributed by atoms with Crippen LogP contribution in [-0.2, 0) is 90.8 Å². The highest BCUT2D eigenvalue weighted by atomic mass is 79.9. The predicted molar refractivity (Wildman–Crippen MR) is 518 cm³/mol. The van der Waals surface area contributed by atoms with Crippen LogP contribution in [0.1, 0.15) is 264 Å². The van der Waals surface area contributed by atoms with Gasteiger partial charge in [0.15, 0.2) is 36.6 Å². The lowest BCUT2D eigenvalue weighted by Crippen LogP contribution is -2.70. The predicted octanol–water partition coefficient (Wildman–Crippen LogP) is 19.2. The van der Waals surface area contributed by atoms with Crippen molar-refractivity contribution in [2.24, 2.45) is 85.8 Å². The summed E-state index contributed by atoms with van der Waals surface area (Å²) in [5.41, 5.74) is -3.94. The van der Waals surface area contributed by atoms with Gasteiger partial charge in [0.05, 0.1) is 71.0 Å². The van der Waals surface area contributed by atoms with E-state index in [1.54, 1.807) is 60.0 Å². The number of allylic oxidation sites excluding steroid dienone is 3. The molecule has 138 heavy (non-hydrogen) atoms. The number of halogens is 4. The number of esters is 6. The fourth-order valence-corrected chi connectivity index (χ4v) is 29.9. The molecule has 0 amide bonds. The van der Waals surface area contributed by atoms with Gasteiger partial charge in [-0.2, -0.15) is 15.3 Å².